The van der Waals surface area contributed by atoms with E-state index in [1.807, 2.05) is 13.0 Å². The van der Waals surface area contributed by atoms with Crippen LogP contribution in [0.5, 0.6) is 0 Å². The number of rotatable bonds is 4. The fourth-order valence-electron chi connectivity index (χ4n) is 3.12. The van der Waals surface area contributed by atoms with E-state index < -0.39 is 26.7 Å². The highest BCUT2D eigenvalue weighted by molar-refractivity contribution is 7.89. The molecule has 1 aromatic heterocycles. The van der Waals surface area contributed by atoms with Gasteiger partial charge < -0.3 is 5.32 Å². The Kier molecular flexibility index (Phi) is 5.83. The number of halogens is 3. The lowest BCUT2D eigenvalue weighted by molar-refractivity contribution is -0.139. The molecular weight excluding hydrogens is 413 g/mol. The van der Waals surface area contributed by atoms with Crippen LogP contribution in [0.2, 0.25) is 0 Å². The third-order valence-corrected chi connectivity index (χ3v) is 7.52. The number of carbonyl (C=O) groups excluding carboxylic acids is 1. The summed E-state index contributed by atoms with van der Waals surface area (Å²) in [4.78, 5) is 13.1. The molecule has 0 atom stereocenters. The second kappa shape index (κ2) is 7.84. The first kappa shape index (κ1) is 20.8. The molecule has 5 nitrogen and oxygen atoms in total. The molecule has 152 valence electrons. The maximum Gasteiger partial charge on any atom is 0.417 e. The van der Waals surface area contributed by atoms with E-state index in [4.69, 9.17) is 0 Å². The molecule has 1 aromatic carbocycles. The summed E-state index contributed by atoms with van der Waals surface area (Å²) in [6.45, 7) is 1.98. The van der Waals surface area contributed by atoms with Crippen molar-refractivity contribution in [2.75, 3.05) is 13.1 Å². The lowest BCUT2D eigenvalue weighted by Crippen LogP contribution is -2.46. The summed E-state index contributed by atoms with van der Waals surface area (Å²) < 4.78 is 66.1. The van der Waals surface area contributed by atoms with Crippen molar-refractivity contribution in [3.05, 3.63) is 51.7 Å². The topological polar surface area (TPSA) is 66.5 Å². The molecule has 0 unspecified atom stereocenters. The Labute approximate surface area is 165 Å². The normalized spacial score (nSPS) is 16.9. The first-order valence-electron chi connectivity index (χ1n) is 8.63. The van der Waals surface area contributed by atoms with Crippen molar-refractivity contribution in [2.45, 2.75) is 36.9 Å². The van der Waals surface area contributed by atoms with Gasteiger partial charge in [-0.2, -0.15) is 17.5 Å². The first-order chi connectivity index (χ1) is 13.1. The van der Waals surface area contributed by atoms with Crippen molar-refractivity contribution in [1.29, 1.82) is 0 Å². The van der Waals surface area contributed by atoms with Gasteiger partial charge in [-0.1, -0.05) is 12.1 Å². The maximum atomic E-state index is 13.2. The number of hydrogen-bond donors (Lipinski definition) is 1. The minimum Gasteiger partial charge on any atom is -0.349 e. The van der Waals surface area contributed by atoms with Crippen LogP contribution in [0, 0.1) is 6.92 Å². The van der Waals surface area contributed by atoms with Gasteiger partial charge in [0.25, 0.3) is 5.91 Å². The van der Waals surface area contributed by atoms with Gasteiger partial charge in [0.1, 0.15) is 0 Å². The molecule has 10 heteroatoms. The number of carbonyl (C=O) groups is 1. The molecule has 3 rings (SSSR count). The second-order valence-corrected chi connectivity index (χ2v) is 9.75. The van der Waals surface area contributed by atoms with Crippen LogP contribution in [0.3, 0.4) is 0 Å². The smallest absolute Gasteiger partial charge is 0.349 e. The van der Waals surface area contributed by atoms with Crippen LogP contribution >= 0.6 is 11.3 Å². The van der Waals surface area contributed by atoms with Crippen LogP contribution in [0.4, 0.5) is 13.2 Å². The monoisotopic (exact) mass is 432 g/mol. The number of thiophene rings is 1. The van der Waals surface area contributed by atoms with Gasteiger partial charge in [0.15, 0.2) is 0 Å². The largest absolute Gasteiger partial charge is 0.417 e. The average molecular weight is 432 g/mol. The molecule has 2 aromatic rings. The number of sulfonamides is 1. The zero-order chi connectivity index (χ0) is 20.5. The number of amides is 1. The zero-order valence-corrected chi connectivity index (χ0v) is 16.6. The van der Waals surface area contributed by atoms with Gasteiger partial charge in [-0.3, -0.25) is 4.79 Å². The predicted molar refractivity (Wildman–Crippen MR) is 99.7 cm³/mol. The molecule has 1 aliphatic rings. The number of hydrogen-bond acceptors (Lipinski definition) is 4. The van der Waals surface area contributed by atoms with E-state index in [1.165, 1.54) is 17.4 Å². The molecule has 0 spiro atoms. The molecule has 2 heterocycles. The van der Waals surface area contributed by atoms with Gasteiger partial charge in [0.2, 0.25) is 10.0 Å². The van der Waals surface area contributed by atoms with Crippen LogP contribution in [0.25, 0.3) is 0 Å². The standard InChI is InChI=1S/C18H19F3N2O3S2/c1-12-6-7-15(27-12)17(24)22-13-8-10-23(11-9-13)28(25,26)16-5-3-2-4-14(16)18(19,20)21/h2-7,13H,8-11H2,1H3,(H,22,24). The molecule has 1 aliphatic heterocycles. The molecule has 1 N–H and O–H groups in total. The summed E-state index contributed by atoms with van der Waals surface area (Å²) in [5, 5.41) is 2.87. The fourth-order valence-corrected chi connectivity index (χ4v) is 5.57. The van der Waals surface area contributed by atoms with E-state index in [1.54, 1.807) is 6.07 Å². The summed E-state index contributed by atoms with van der Waals surface area (Å²) in [7, 11) is -4.27. The minimum absolute atomic E-state index is 0.0446. The highest BCUT2D eigenvalue weighted by atomic mass is 32.2. The van der Waals surface area contributed by atoms with E-state index in [0.29, 0.717) is 17.7 Å². The summed E-state index contributed by atoms with van der Waals surface area (Å²) in [6.07, 6.45) is -4.08. The minimum atomic E-state index is -4.76. The molecule has 0 saturated carbocycles. The summed E-state index contributed by atoms with van der Waals surface area (Å²) >= 11 is 1.37. The number of alkyl halides is 3. The van der Waals surface area contributed by atoms with Gasteiger partial charge >= 0.3 is 6.18 Å². The molecule has 1 amide bonds. The van der Waals surface area contributed by atoms with Crippen molar-refractivity contribution in [2.24, 2.45) is 0 Å². The van der Waals surface area contributed by atoms with E-state index in [0.717, 1.165) is 27.4 Å². The Balaban J connectivity index is 1.68. The van der Waals surface area contributed by atoms with Crippen molar-refractivity contribution >= 4 is 27.3 Å². The van der Waals surface area contributed by atoms with Crippen molar-refractivity contribution in [1.82, 2.24) is 9.62 Å². The summed E-state index contributed by atoms with van der Waals surface area (Å²) in [5.41, 5.74) is -1.17. The summed E-state index contributed by atoms with van der Waals surface area (Å²) in [6, 6.07) is 7.52. The Bertz CT molecular complexity index is 962. The molecule has 0 aliphatic carbocycles. The molecule has 28 heavy (non-hydrogen) atoms. The van der Waals surface area contributed by atoms with E-state index in [2.05, 4.69) is 5.32 Å². The third-order valence-electron chi connectivity index (χ3n) is 4.56. The Hall–Kier alpha value is -1.91. The van der Waals surface area contributed by atoms with Gasteiger partial charge in [-0.25, -0.2) is 8.42 Å². The summed E-state index contributed by atoms with van der Waals surface area (Å²) in [5.74, 6) is -0.221. The lowest BCUT2D eigenvalue weighted by atomic mass is 10.1. The molecule has 0 bridgehead atoms. The zero-order valence-electron chi connectivity index (χ0n) is 15.0. The number of aryl methyl sites for hydroxylation is 1. The lowest BCUT2D eigenvalue weighted by Gasteiger charge is -2.32. The Morgan fingerprint density at radius 3 is 2.36 bits per heavy atom. The van der Waals surface area contributed by atoms with E-state index >= 15 is 0 Å². The van der Waals surface area contributed by atoms with Crippen LogP contribution in [0.1, 0.15) is 33.0 Å². The highest BCUT2D eigenvalue weighted by Crippen LogP contribution is 2.35. The van der Waals surface area contributed by atoms with E-state index in [-0.39, 0.29) is 25.0 Å². The van der Waals surface area contributed by atoms with Gasteiger partial charge in [-0.05, 0) is 44.0 Å². The molecule has 1 saturated heterocycles. The highest BCUT2D eigenvalue weighted by Gasteiger charge is 2.39. The van der Waals surface area contributed by atoms with Crippen molar-refractivity contribution in [3.63, 3.8) is 0 Å². The van der Waals surface area contributed by atoms with Gasteiger partial charge in [0, 0.05) is 24.0 Å². The number of piperidine rings is 1. The number of nitrogens with zero attached hydrogens (tertiary/aromatic N) is 1. The van der Waals surface area contributed by atoms with Crippen molar-refractivity contribution in [3.8, 4) is 0 Å². The Morgan fingerprint density at radius 2 is 1.79 bits per heavy atom. The maximum absolute atomic E-state index is 13.2. The quantitative estimate of drug-likeness (QED) is 0.802. The molecule has 0 radical (unpaired) electrons. The molecule has 1 fully saturated rings. The second-order valence-electron chi connectivity index (χ2n) is 6.56. The van der Waals surface area contributed by atoms with Crippen LogP contribution < -0.4 is 5.32 Å². The number of nitrogens with one attached hydrogen (secondary N) is 1. The Morgan fingerprint density at radius 1 is 1.14 bits per heavy atom. The third kappa shape index (κ3) is 4.39. The van der Waals surface area contributed by atoms with Gasteiger partial charge in [-0.15, -0.1) is 11.3 Å². The van der Waals surface area contributed by atoms with Crippen LogP contribution in [0.15, 0.2) is 41.3 Å². The SMILES string of the molecule is Cc1ccc(C(=O)NC2CCN(S(=O)(=O)c3ccccc3C(F)(F)F)CC2)s1. The molecular formula is C18H19F3N2O3S2. The van der Waals surface area contributed by atoms with E-state index in [9.17, 15) is 26.4 Å². The van der Waals surface area contributed by atoms with Crippen LogP contribution in [-0.2, 0) is 16.2 Å². The number of benzene rings is 1. The van der Waals surface area contributed by atoms with Crippen LogP contribution in [-0.4, -0.2) is 37.8 Å². The predicted octanol–water partition coefficient (Wildman–Crippen LogP) is 3.66. The van der Waals surface area contributed by atoms with Gasteiger partial charge in [0.05, 0.1) is 15.3 Å². The first-order valence-corrected chi connectivity index (χ1v) is 10.9. The average Bonchev–Trinajstić information content (AvgIpc) is 3.08. The fraction of sp³-hybridized carbons (Fsp3) is 0.389. The van der Waals surface area contributed by atoms with Crippen molar-refractivity contribution < 1.29 is 26.4 Å².